The molecule has 0 aromatic carbocycles. The Morgan fingerprint density at radius 2 is 2.00 bits per heavy atom. The number of likely N-dealkylation sites (N-methyl/N-ethyl adjacent to an activating group) is 1. The fourth-order valence-corrected chi connectivity index (χ4v) is 0.573. The molecule has 0 saturated carbocycles. The summed E-state index contributed by atoms with van der Waals surface area (Å²) < 4.78 is 43.4. The number of amides is 1. The zero-order chi connectivity index (χ0) is 11.2. The first-order valence-electron chi connectivity index (χ1n) is 3.80. The summed E-state index contributed by atoms with van der Waals surface area (Å²) in [5.74, 6) is 0. The van der Waals surface area contributed by atoms with E-state index >= 15 is 0 Å². The second kappa shape index (κ2) is 5.69. The molecular formula is C7H12F3NO3. The number of hydrogen-bond donors (Lipinski definition) is 0. The maximum Gasteiger partial charge on any atom is 0.422 e. The van der Waals surface area contributed by atoms with Gasteiger partial charge in [-0.1, -0.05) is 0 Å². The molecule has 0 aliphatic carbocycles. The van der Waals surface area contributed by atoms with Crippen molar-refractivity contribution in [1.82, 2.24) is 4.90 Å². The van der Waals surface area contributed by atoms with Crippen molar-refractivity contribution in [3.05, 3.63) is 0 Å². The minimum Gasteiger partial charge on any atom is -0.440 e. The van der Waals surface area contributed by atoms with Crippen molar-refractivity contribution < 1.29 is 27.4 Å². The second-order valence-electron chi connectivity index (χ2n) is 2.58. The van der Waals surface area contributed by atoms with Gasteiger partial charge in [-0.25, -0.2) is 4.79 Å². The maximum absolute atomic E-state index is 11.6. The van der Waals surface area contributed by atoms with Crippen molar-refractivity contribution in [2.75, 3.05) is 33.9 Å². The molecule has 0 rings (SSSR count). The van der Waals surface area contributed by atoms with Gasteiger partial charge in [0.2, 0.25) is 0 Å². The van der Waals surface area contributed by atoms with Gasteiger partial charge in [0, 0.05) is 20.7 Å². The lowest BCUT2D eigenvalue weighted by Gasteiger charge is -2.16. The molecule has 0 N–H and O–H groups in total. The van der Waals surface area contributed by atoms with Gasteiger partial charge in [0.05, 0.1) is 6.61 Å². The quantitative estimate of drug-likeness (QED) is 0.708. The van der Waals surface area contributed by atoms with E-state index in [1.54, 1.807) is 0 Å². The summed E-state index contributed by atoms with van der Waals surface area (Å²) in [6, 6.07) is 0. The monoisotopic (exact) mass is 215 g/mol. The van der Waals surface area contributed by atoms with Gasteiger partial charge in [-0.3, -0.25) is 0 Å². The maximum atomic E-state index is 11.6. The molecule has 1 amide bonds. The highest BCUT2D eigenvalue weighted by atomic mass is 19.4. The number of alkyl halides is 3. The molecule has 0 aliphatic heterocycles. The second-order valence-corrected chi connectivity index (χ2v) is 2.58. The molecule has 0 bridgehead atoms. The Morgan fingerprint density at radius 3 is 2.43 bits per heavy atom. The zero-order valence-electron chi connectivity index (χ0n) is 7.93. The van der Waals surface area contributed by atoms with Crippen LogP contribution in [0.2, 0.25) is 0 Å². The molecule has 0 aromatic heterocycles. The Labute approximate surface area is 79.6 Å². The van der Waals surface area contributed by atoms with Crippen molar-refractivity contribution in [1.29, 1.82) is 0 Å². The van der Waals surface area contributed by atoms with Crippen LogP contribution in [-0.4, -0.2) is 51.1 Å². The van der Waals surface area contributed by atoms with E-state index in [2.05, 4.69) is 9.47 Å². The SMILES string of the molecule is COCCN(C)C(=O)OCC(F)(F)F. The van der Waals surface area contributed by atoms with Crippen LogP contribution in [0.25, 0.3) is 0 Å². The summed E-state index contributed by atoms with van der Waals surface area (Å²) in [4.78, 5) is 11.9. The number of rotatable bonds is 4. The topological polar surface area (TPSA) is 38.8 Å². The number of halogens is 3. The lowest BCUT2D eigenvalue weighted by molar-refractivity contribution is -0.162. The molecule has 7 heteroatoms. The Bertz CT molecular complexity index is 184. The number of carbonyl (C=O) groups is 1. The van der Waals surface area contributed by atoms with Crippen LogP contribution in [0.4, 0.5) is 18.0 Å². The van der Waals surface area contributed by atoms with Gasteiger partial charge in [0.1, 0.15) is 0 Å². The van der Waals surface area contributed by atoms with Gasteiger partial charge >= 0.3 is 12.3 Å². The van der Waals surface area contributed by atoms with Crippen LogP contribution in [0.15, 0.2) is 0 Å². The van der Waals surface area contributed by atoms with Crippen molar-refractivity contribution in [3.63, 3.8) is 0 Å². The minimum atomic E-state index is -4.49. The van der Waals surface area contributed by atoms with E-state index < -0.39 is 18.9 Å². The zero-order valence-corrected chi connectivity index (χ0v) is 7.93. The molecule has 0 spiro atoms. The molecule has 0 aromatic rings. The first-order chi connectivity index (χ1) is 6.37. The van der Waals surface area contributed by atoms with Crippen molar-refractivity contribution >= 4 is 6.09 Å². The molecule has 0 unspecified atom stereocenters. The van der Waals surface area contributed by atoms with E-state index in [1.807, 2.05) is 0 Å². The number of hydrogen-bond acceptors (Lipinski definition) is 3. The third-order valence-corrected chi connectivity index (χ3v) is 1.30. The summed E-state index contributed by atoms with van der Waals surface area (Å²) >= 11 is 0. The number of nitrogens with zero attached hydrogens (tertiary/aromatic N) is 1. The molecule has 0 radical (unpaired) electrons. The largest absolute Gasteiger partial charge is 0.440 e. The van der Waals surface area contributed by atoms with Crippen molar-refractivity contribution in [3.8, 4) is 0 Å². The average molecular weight is 215 g/mol. The van der Waals surface area contributed by atoms with Crippen LogP contribution in [0.5, 0.6) is 0 Å². The predicted molar refractivity (Wildman–Crippen MR) is 41.9 cm³/mol. The van der Waals surface area contributed by atoms with Crippen LogP contribution >= 0.6 is 0 Å². The summed E-state index contributed by atoms with van der Waals surface area (Å²) in [7, 11) is 2.76. The third-order valence-electron chi connectivity index (χ3n) is 1.30. The van der Waals surface area contributed by atoms with Crippen molar-refractivity contribution in [2.45, 2.75) is 6.18 Å². The lowest BCUT2D eigenvalue weighted by Crippen LogP contribution is -2.33. The van der Waals surface area contributed by atoms with Gasteiger partial charge < -0.3 is 14.4 Å². The van der Waals surface area contributed by atoms with Gasteiger partial charge in [-0.15, -0.1) is 0 Å². The molecule has 0 heterocycles. The Hall–Kier alpha value is -0.980. The van der Waals surface area contributed by atoms with Crippen LogP contribution in [0, 0.1) is 0 Å². The van der Waals surface area contributed by atoms with Crippen LogP contribution < -0.4 is 0 Å². The highest BCUT2D eigenvalue weighted by molar-refractivity contribution is 5.67. The smallest absolute Gasteiger partial charge is 0.422 e. The summed E-state index contributed by atoms with van der Waals surface area (Å²) in [6.45, 7) is -1.13. The normalized spacial score (nSPS) is 11.2. The number of carbonyl (C=O) groups excluding carboxylic acids is 1. The lowest BCUT2D eigenvalue weighted by atomic mass is 10.6. The molecule has 0 aliphatic rings. The highest BCUT2D eigenvalue weighted by Crippen LogP contribution is 2.14. The van der Waals surface area contributed by atoms with Crippen LogP contribution in [-0.2, 0) is 9.47 Å². The van der Waals surface area contributed by atoms with Crippen LogP contribution in [0.3, 0.4) is 0 Å². The van der Waals surface area contributed by atoms with Crippen molar-refractivity contribution in [2.24, 2.45) is 0 Å². The minimum absolute atomic E-state index is 0.188. The fourth-order valence-electron chi connectivity index (χ4n) is 0.573. The molecule has 84 valence electrons. The van der Waals surface area contributed by atoms with E-state index in [1.165, 1.54) is 14.2 Å². The molecule has 0 atom stereocenters. The van der Waals surface area contributed by atoms with E-state index in [-0.39, 0.29) is 13.2 Å². The van der Waals surface area contributed by atoms with Gasteiger partial charge in [0.25, 0.3) is 0 Å². The summed E-state index contributed by atoms with van der Waals surface area (Å²) in [6.07, 6.45) is -5.50. The van der Waals surface area contributed by atoms with Gasteiger partial charge in [-0.2, -0.15) is 13.2 Å². The average Bonchev–Trinajstić information content (AvgIpc) is 2.09. The van der Waals surface area contributed by atoms with Gasteiger partial charge in [0.15, 0.2) is 6.61 Å². The third kappa shape index (κ3) is 6.53. The predicted octanol–water partition coefficient (Wildman–Crippen LogP) is 1.26. The molecule has 14 heavy (non-hydrogen) atoms. The molecule has 4 nitrogen and oxygen atoms in total. The summed E-state index contributed by atoms with van der Waals surface area (Å²) in [5.41, 5.74) is 0. The Kier molecular flexibility index (Phi) is 5.29. The first kappa shape index (κ1) is 13.0. The fraction of sp³-hybridized carbons (Fsp3) is 0.857. The highest BCUT2D eigenvalue weighted by Gasteiger charge is 2.30. The molecule has 0 fully saturated rings. The number of methoxy groups -OCH3 is 1. The first-order valence-corrected chi connectivity index (χ1v) is 3.80. The Morgan fingerprint density at radius 1 is 1.43 bits per heavy atom. The van der Waals surface area contributed by atoms with E-state index in [9.17, 15) is 18.0 Å². The van der Waals surface area contributed by atoms with E-state index in [0.29, 0.717) is 0 Å². The van der Waals surface area contributed by atoms with E-state index in [0.717, 1.165) is 4.90 Å². The Balaban J connectivity index is 3.73. The standard InChI is InChI=1S/C7H12F3NO3/c1-11(3-4-13-2)6(12)14-5-7(8,9)10/h3-5H2,1-2H3. The van der Waals surface area contributed by atoms with Crippen LogP contribution in [0.1, 0.15) is 0 Å². The van der Waals surface area contributed by atoms with E-state index in [4.69, 9.17) is 0 Å². The molecular weight excluding hydrogens is 203 g/mol. The summed E-state index contributed by atoms with van der Waals surface area (Å²) in [5, 5.41) is 0. The number of ether oxygens (including phenoxy) is 2. The van der Waals surface area contributed by atoms with Gasteiger partial charge in [-0.05, 0) is 0 Å². The molecule has 0 saturated heterocycles.